The van der Waals surface area contributed by atoms with E-state index in [-0.39, 0.29) is 36.7 Å². The summed E-state index contributed by atoms with van der Waals surface area (Å²) in [6.07, 6.45) is -0.117. The molecule has 2 aromatic rings. The van der Waals surface area contributed by atoms with Crippen LogP contribution >= 0.6 is 0 Å². The van der Waals surface area contributed by atoms with Gasteiger partial charge in [0, 0.05) is 6.54 Å². The number of carbonyl (C=O) groups excluding carboxylic acids is 1. The Kier molecular flexibility index (Phi) is 6.12. The summed E-state index contributed by atoms with van der Waals surface area (Å²) < 4.78 is 37.1. The van der Waals surface area contributed by atoms with Crippen LogP contribution in [-0.4, -0.2) is 18.6 Å². The van der Waals surface area contributed by atoms with Crippen LogP contribution in [-0.2, 0) is 11.3 Å². The molecule has 0 saturated carbocycles. The quantitative estimate of drug-likeness (QED) is 0.843. The first-order valence-corrected chi connectivity index (χ1v) is 7.54. The zero-order chi connectivity index (χ0) is 17.5. The zero-order valence-electron chi connectivity index (χ0n) is 13.5. The standard InChI is InChI=1S/C18H19F2NO3/c1-12(2)24-17-8-3-13(9-16(17)20)10-21-18(22)11-23-15-6-4-14(19)5-7-15/h3-9,12H,10-11H2,1-2H3,(H,21,22). The van der Waals surface area contributed by atoms with E-state index in [1.807, 2.05) is 13.8 Å². The molecule has 0 radical (unpaired) electrons. The Morgan fingerprint density at radius 3 is 2.46 bits per heavy atom. The van der Waals surface area contributed by atoms with E-state index in [4.69, 9.17) is 9.47 Å². The maximum absolute atomic E-state index is 13.8. The van der Waals surface area contributed by atoms with Gasteiger partial charge in [0.15, 0.2) is 18.2 Å². The highest BCUT2D eigenvalue weighted by Crippen LogP contribution is 2.19. The van der Waals surface area contributed by atoms with E-state index in [0.717, 1.165) is 0 Å². The molecule has 2 aromatic carbocycles. The number of benzene rings is 2. The summed E-state index contributed by atoms with van der Waals surface area (Å²) in [6.45, 7) is 3.59. The number of nitrogens with one attached hydrogen (secondary N) is 1. The van der Waals surface area contributed by atoms with Crippen LogP contribution in [0, 0.1) is 11.6 Å². The summed E-state index contributed by atoms with van der Waals surface area (Å²) in [7, 11) is 0. The Morgan fingerprint density at radius 1 is 1.12 bits per heavy atom. The Hall–Kier alpha value is -2.63. The van der Waals surface area contributed by atoms with Gasteiger partial charge in [-0.3, -0.25) is 4.79 Å². The van der Waals surface area contributed by atoms with Gasteiger partial charge in [-0.15, -0.1) is 0 Å². The lowest BCUT2D eigenvalue weighted by Gasteiger charge is -2.12. The van der Waals surface area contributed by atoms with Crippen LogP contribution in [0.25, 0.3) is 0 Å². The number of rotatable bonds is 7. The van der Waals surface area contributed by atoms with Gasteiger partial charge in [0.05, 0.1) is 6.10 Å². The minimum Gasteiger partial charge on any atom is -0.488 e. The third-order valence-electron chi connectivity index (χ3n) is 3.03. The van der Waals surface area contributed by atoms with Crippen LogP contribution in [0.1, 0.15) is 19.4 Å². The maximum Gasteiger partial charge on any atom is 0.258 e. The highest BCUT2D eigenvalue weighted by molar-refractivity contribution is 5.77. The van der Waals surface area contributed by atoms with Gasteiger partial charge in [-0.2, -0.15) is 0 Å². The van der Waals surface area contributed by atoms with Gasteiger partial charge in [-0.25, -0.2) is 8.78 Å². The molecule has 0 aromatic heterocycles. The second-order valence-corrected chi connectivity index (χ2v) is 5.45. The average Bonchev–Trinajstić information content (AvgIpc) is 2.54. The van der Waals surface area contributed by atoms with Gasteiger partial charge in [0.2, 0.25) is 0 Å². The third-order valence-corrected chi connectivity index (χ3v) is 3.03. The van der Waals surface area contributed by atoms with Crippen molar-refractivity contribution >= 4 is 5.91 Å². The van der Waals surface area contributed by atoms with Gasteiger partial charge in [0.25, 0.3) is 5.91 Å². The van der Waals surface area contributed by atoms with Crippen molar-refractivity contribution in [3.63, 3.8) is 0 Å². The topological polar surface area (TPSA) is 47.6 Å². The summed E-state index contributed by atoms with van der Waals surface area (Å²) in [4.78, 5) is 11.7. The highest BCUT2D eigenvalue weighted by Gasteiger charge is 2.08. The lowest BCUT2D eigenvalue weighted by molar-refractivity contribution is -0.123. The molecule has 24 heavy (non-hydrogen) atoms. The van der Waals surface area contributed by atoms with E-state index in [0.29, 0.717) is 11.3 Å². The van der Waals surface area contributed by atoms with Crippen molar-refractivity contribution in [2.45, 2.75) is 26.5 Å². The fraction of sp³-hybridized carbons (Fsp3) is 0.278. The molecule has 6 heteroatoms. The smallest absolute Gasteiger partial charge is 0.258 e. The van der Waals surface area contributed by atoms with E-state index < -0.39 is 5.82 Å². The molecule has 1 N–H and O–H groups in total. The number of halogens is 2. The van der Waals surface area contributed by atoms with Gasteiger partial charge in [-0.05, 0) is 55.8 Å². The number of carbonyl (C=O) groups is 1. The lowest BCUT2D eigenvalue weighted by atomic mass is 10.2. The molecule has 2 rings (SSSR count). The summed E-state index contributed by atoms with van der Waals surface area (Å²) in [5.41, 5.74) is 0.610. The number of hydrogen-bond acceptors (Lipinski definition) is 3. The fourth-order valence-electron chi connectivity index (χ4n) is 1.94. The lowest BCUT2D eigenvalue weighted by Crippen LogP contribution is -2.28. The second kappa shape index (κ2) is 8.29. The monoisotopic (exact) mass is 335 g/mol. The van der Waals surface area contributed by atoms with Crippen LogP contribution in [0.15, 0.2) is 42.5 Å². The Labute approximate surface area is 139 Å². The first-order valence-electron chi connectivity index (χ1n) is 7.54. The van der Waals surface area contributed by atoms with E-state index in [1.165, 1.54) is 36.4 Å². The van der Waals surface area contributed by atoms with Crippen LogP contribution in [0.3, 0.4) is 0 Å². The van der Waals surface area contributed by atoms with Crippen LogP contribution in [0.5, 0.6) is 11.5 Å². The second-order valence-electron chi connectivity index (χ2n) is 5.45. The maximum atomic E-state index is 13.8. The Morgan fingerprint density at radius 2 is 1.83 bits per heavy atom. The minimum absolute atomic E-state index is 0.117. The van der Waals surface area contributed by atoms with E-state index in [2.05, 4.69) is 5.32 Å². The van der Waals surface area contributed by atoms with Crippen LogP contribution in [0.2, 0.25) is 0 Å². The molecule has 0 aliphatic rings. The predicted octanol–water partition coefficient (Wildman–Crippen LogP) is 3.45. The molecule has 0 fully saturated rings. The van der Waals surface area contributed by atoms with E-state index >= 15 is 0 Å². The van der Waals surface area contributed by atoms with Crippen molar-refractivity contribution in [2.75, 3.05) is 6.61 Å². The molecule has 0 heterocycles. The van der Waals surface area contributed by atoms with Crippen molar-refractivity contribution in [3.8, 4) is 11.5 Å². The summed E-state index contributed by atoms with van der Waals surface area (Å²) >= 11 is 0. The van der Waals surface area contributed by atoms with Gasteiger partial charge in [0.1, 0.15) is 11.6 Å². The van der Waals surface area contributed by atoms with Crippen molar-refractivity contribution in [2.24, 2.45) is 0 Å². The van der Waals surface area contributed by atoms with Crippen LogP contribution in [0.4, 0.5) is 8.78 Å². The fourth-order valence-corrected chi connectivity index (χ4v) is 1.94. The largest absolute Gasteiger partial charge is 0.488 e. The molecular formula is C18H19F2NO3. The molecule has 1 amide bonds. The molecule has 0 spiro atoms. The third kappa shape index (κ3) is 5.53. The SMILES string of the molecule is CC(C)Oc1ccc(CNC(=O)COc2ccc(F)cc2)cc1F. The Balaban J connectivity index is 1.81. The molecule has 4 nitrogen and oxygen atoms in total. The molecular weight excluding hydrogens is 316 g/mol. The van der Waals surface area contributed by atoms with Gasteiger partial charge >= 0.3 is 0 Å². The molecule has 0 saturated heterocycles. The van der Waals surface area contributed by atoms with Gasteiger partial charge in [-0.1, -0.05) is 6.07 Å². The van der Waals surface area contributed by atoms with Crippen molar-refractivity contribution in [3.05, 3.63) is 59.7 Å². The van der Waals surface area contributed by atoms with Gasteiger partial charge < -0.3 is 14.8 Å². The summed E-state index contributed by atoms with van der Waals surface area (Å²) in [5.74, 6) is -0.633. The summed E-state index contributed by atoms with van der Waals surface area (Å²) in [5, 5.41) is 2.62. The summed E-state index contributed by atoms with van der Waals surface area (Å²) in [6, 6.07) is 9.90. The van der Waals surface area contributed by atoms with E-state index in [1.54, 1.807) is 6.07 Å². The predicted molar refractivity (Wildman–Crippen MR) is 85.9 cm³/mol. The number of hydrogen-bond donors (Lipinski definition) is 1. The number of amides is 1. The average molecular weight is 335 g/mol. The molecule has 128 valence electrons. The molecule has 0 unspecified atom stereocenters. The van der Waals surface area contributed by atoms with Crippen LogP contribution < -0.4 is 14.8 Å². The first-order chi connectivity index (χ1) is 11.4. The molecule has 0 aliphatic heterocycles. The minimum atomic E-state index is -0.474. The Bertz CT molecular complexity index is 687. The molecule has 0 atom stereocenters. The van der Waals surface area contributed by atoms with Crippen molar-refractivity contribution < 1.29 is 23.0 Å². The molecule has 0 aliphatic carbocycles. The highest BCUT2D eigenvalue weighted by atomic mass is 19.1. The van der Waals surface area contributed by atoms with E-state index in [9.17, 15) is 13.6 Å². The van der Waals surface area contributed by atoms with Crippen molar-refractivity contribution in [1.29, 1.82) is 0 Å². The first kappa shape index (κ1) is 17.7. The zero-order valence-corrected chi connectivity index (χ0v) is 13.5. The van der Waals surface area contributed by atoms with Crippen molar-refractivity contribution in [1.82, 2.24) is 5.32 Å². The number of ether oxygens (including phenoxy) is 2. The molecule has 0 bridgehead atoms. The normalized spacial score (nSPS) is 10.5.